The van der Waals surface area contributed by atoms with Crippen molar-refractivity contribution in [1.29, 1.82) is 0 Å². The summed E-state index contributed by atoms with van der Waals surface area (Å²) in [6, 6.07) is 20.8. The van der Waals surface area contributed by atoms with E-state index in [1.54, 1.807) is 48.5 Å². The number of hydrogen-bond acceptors (Lipinski definition) is 16. The van der Waals surface area contributed by atoms with Crippen molar-refractivity contribution >= 4 is 35.7 Å². The van der Waals surface area contributed by atoms with Crippen LogP contribution in [0.25, 0.3) is 0 Å². The molecule has 3 aliphatic rings. The minimum Gasteiger partial charge on any atom is -0.463 e. The number of esters is 4. The van der Waals surface area contributed by atoms with Gasteiger partial charge in [-0.2, -0.15) is 0 Å². The third-order valence-corrected chi connectivity index (χ3v) is 9.39. The topological polar surface area (TPSA) is 220 Å². The molecule has 3 aromatic carbocycles. The van der Waals surface area contributed by atoms with Crippen molar-refractivity contribution in [3.8, 4) is 0 Å². The van der Waals surface area contributed by atoms with Gasteiger partial charge in [-0.25, -0.2) is 4.79 Å². The van der Waals surface area contributed by atoms with Crippen LogP contribution in [0.5, 0.6) is 0 Å². The van der Waals surface area contributed by atoms with Crippen LogP contribution in [0.4, 0.5) is 0 Å². The predicted octanol–water partition coefficient (Wildman–Crippen LogP) is 1.71. The Morgan fingerprint density at radius 3 is 1.81 bits per heavy atom. The lowest BCUT2D eigenvalue weighted by molar-refractivity contribution is -0.352. The highest BCUT2D eigenvalue weighted by molar-refractivity contribution is 6.21. The Labute approximate surface area is 326 Å². The highest BCUT2D eigenvalue weighted by Crippen LogP contribution is 2.38. The zero-order chi connectivity index (χ0) is 40.8. The Balaban J connectivity index is 1.46. The van der Waals surface area contributed by atoms with Crippen molar-refractivity contribution in [3.05, 3.63) is 107 Å². The van der Waals surface area contributed by atoms with Gasteiger partial charge in [-0.15, -0.1) is 0 Å². The van der Waals surface area contributed by atoms with Crippen LogP contribution in [0.3, 0.4) is 0 Å². The number of fused-ring (bicyclic) bond motifs is 1. The number of amides is 2. The molecule has 3 aromatic rings. The second-order valence-electron chi connectivity index (χ2n) is 13.4. The van der Waals surface area contributed by atoms with Gasteiger partial charge in [0.1, 0.15) is 37.1 Å². The summed E-state index contributed by atoms with van der Waals surface area (Å²) in [5, 5.41) is 22.1. The number of hydrogen-bond donors (Lipinski definition) is 2. The van der Waals surface area contributed by atoms with E-state index in [4.69, 9.17) is 37.9 Å². The maximum absolute atomic E-state index is 14.1. The van der Waals surface area contributed by atoms with Crippen molar-refractivity contribution in [2.24, 2.45) is 0 Å². The highest BCUT2D eigenvalue weighted by Gasteiger charge is 2.59. The van der Waals surface area contributed by atoms with Crippen molar-refractivity contribution in [2.75, 3.05) is 13.2 Å². The van der Waals surface area contributed by atoms with Gasteiger partial charge in [0.15, 0.2) is 30.9 Å². The van der Waals surface area contributed by atoms with E-state index in [2.05, 4.69) is 0 Å². The first-order chi connectivity index (χ1) is 27.4. The van der Waals surface area contributed by atoms with Gasteiger partial charge >= 0.3 is 23.9 Å². The smallest absolute Gasteiger partial charge is 0.338 e. The van der Waals surface area contributed by atoms with Crippen molar-refractivity contribution in [2.45, 2.75) is 88.7 Å². The van der Waals surface area contributed by atoms with Crippen LogP contribution < -0.4 is 0 Å². The lowest BCUT2D eigenvalue weighted by atomic mass is 9.93. The van der Waals surface area contributed by atoms with Gasteiger partial charge in [0.25, 0.3) is 11.8 Å². The van der Waals surface area contributed by atoms with Crippen LogP contribution in [0.2, 0.25) is 0 Å². The molecule has 57 heavy (non-hydrogen) atoms. The van der Waals surface area contributed by atoms with E-state index in [1.165, 1.54) is 36.4 Å². The molecule has 302 valence electrons. The van der Waals surface area contributed by atoms with E-state index < -0.39 is 110 Å². The van der Waals surface area contributed by atoms with Gasteiger partial charge in [-0.05, 0) is 29.8 Å². The number of nitrogens with zero attached hydrogens (tertiary/aromatic N) is 1. The Bertz CT molecular complexity index is 1910. The van der Waals surface area contributed by atoms with E-state index in [0.29, 0.717) is 5.56 Å². The lowest BCUT2D eigenvalue weighted by Gasteiger charge is -2.50. The number of benzene rings is 3. The molecule has 17 nitrogen and oxygen atoms in total. The Morgan fingerprint density at radius 1 is 0.667 bits per heavy atom. The average molecular weight is 792 g/mol. The molecule has 0 spiro atoms. The molecule has 0 aliphatic carbocycles. The summed E-state index contributed by atoms with van der Waals surface area (Å²) in [4.78, 5) is 79.8. The minimum absolute atomic E-state index is 0.00983. The molecule has 0 bridgehead atoms. The summed E-state index contributed by atoms with van der Waals surface area (Å²) >= 11 is 0. The Hall–Kier alpha value is -5.56. The van der Waals surface area contributed by atoms with Crippen LogP contribution in [0, 0.1) is 0 Å². The molecule has 2 amide bonds. The van der Waals surface area contributed by atoms with Gasteiger partial charge in [0.2, 0.25) is 0 Å². The molecule has 0 unspecified atom stereocenters. The SMILES string of the molecule is CC(=O)OC[C@H]1O[C@@H](O[C@H]2[C@@H](O)[C@@H](CO)O[C@@H](OCc3ccccc3)[C@@H]2OC(=O)c2ccccc2)[C@H](N2C(=O)c3ccccc3C2=O)[C@@H](OC(C)=O)[C@@H]1OC(C)=O. The zero-order valence-electron chi connectivity index (χ0n) is 31.0. The van der Waals surface area contributed by atoms with E-state index >= 15 is 0 Å². The number of carbonyl (C=O) groups is 6. The molecule has 2 fully saturated rings. The van der Waals surface area contributed by atoms with Gasteiger partial charge in [0, 0.05) is 20.8 Å². The lowest BCUT2D eigenvalue weighted by Crippen LogP contribution is -2.70. The fraction of sp³-hybridized carbons (Fsp3) is 0.400. The number of aliphatic hydroxyl groups is 2. The van der Waals surface area contributed by atoms with Crippen molar-refractivity contribution < 1.29 is 76.9 Å². The molecule has 10 atom stereocenters. The third kappa shape index (κ3) is 9.20. The molecule has 17 heteroatoms. The quantitative estimate of drug-likeness (QED) is 0.143. The molecule has 6 rings (SSSR count). The largest absolute Gasteiger partial charge is 0.463 e. The second-order valence-corrected chi connectivity index (χ2v) is 13.4. The second kappa shape index (κ2) is 18.1. The van der Waals surface area contributed by atoms with E-state index in [1.807, 2.05) is 0 Å². The number of aliphatic hydroxyl groups excluding tert-OH is 2. The third-order valence-electron chi connectivity index (χ3n) is 9.39. The van der Waals surface area contributed by atoms with Crippen LogP contribution in [0.1, 0.15) is 57.4 Å². The van der Waals surface area contributed by atoms with Crippen LogP contribution in [0.15, 0.2) is 84.9 Å². The molecule has 2 N–H and O–H groups in total. The maximum Gasteiger partial charge on any atom is 0.338 e. The summed E-state index contributed by atoms with van der Waals surface area (Å²) in [5.74, 6) is -5.17. The summed E-state index contributed by atoms with van der Waals surface area (Å²) in [7, 11) is 0. The van der Waals surface area contributed by atoms with Gasteiger partial charge in [0.05, 0.1) is 29.9 Å². The fourth-order valence-electron chi connectivity index (χ4n) is 6.88. The number of rotatable bonds is 13. The molecule has 2 saturated heterocycles. The van der Waals surface area contributed by atoms with Gasteiger partial charge in [-0.3, -0.25) is 28.9 Å². The molecular weight excluding hydrogens is 750 g/mol. The fourth-order valence-corrected chi connectivity index (χ4v) is 6.88. The molecule has 0 aromatic heterocycles. The summed E-state index contributed by atoms with van der Waals surface area (Å²) < 4.78 is 47.3. The number of carbonyl (C=O) groups excluding carboxylic acids is 6. The first kappa shape index (κ1) is 41.1. The first-order valence-corrected chi connectivity index (χ1v) is 18.0. The molecule has 3 aliphatic heterocycles. The predicted molar refractivity (Wildman–Crippen MR) is 191 cm³/mol. The summed E-state index contributed by atoms with van der Waals surface area (Å²) in [6.07, 6.45) is -14.8. The first-order valence-electron chi connectivity index (χ1n) is 18.0. The van der Waals surface area contributed by atoms with Crippen LogP contribution >= 0.6 is 0 Å². The van der Waals surface area contributed by atoms with Crippen LogP contribution in [-0.4, -0.2) is 125 Å². The molecule has 0 radical (unpaired) electrons. The van der Waals surface area contributed by atoms with Crippen LogP contribution in [-0.2, 0) is 58.9 Å². The summed E-state index contributed by atoms with van der Waals surface area (Å²) in [5.41, 5.74) is 0.776. The minimum atomic E-state index is -1.91. The molecular formula is C40H41NO16. The Kier molecular flexibility index (Phi) is 13.1. The summed E-state index contributed by atoms with van der Waals surface area (Å²) in [6.45, 7) is 1.73. The van der Waals surface area contributed by atoms with Crippen molar-refractivity contribution in [1.82, 2.24) is 4.90 Å². The van der Waals surface area contributed by atoms with Gasteiger partial charge in [-0.1, -0.05) is 60.7 Å². The average Bonchev–Trinajstić information content (AvgIpc) is 3.44. The van der Waals surface area contributed by atoms with E-state index in [9.17, 15) is 39.0 Å². The number of ether oxygens (including phenoxy) is 8. The normalized spacial score (nSPS) is 28.3. The molecule has 3 heterocycles. The molecule has 0 saturated carbocycles. The maximum atomic E-state index is 14.1. The van der Waals surface area contributed by atoms with E-state index in [-0.39, 0.29) is 23.3 Å². The van der Waals surface area contributed by atoms with E-state index in [0.717, 1.165) is 25.7 Å². The monoisotopic (exact) mass is 791 g/mol. The van der Waals surface area contributed by atoms with Crippen molar-refractivity contribution in [3.63, 3.8) is 0 Å². The zero-order valence-corrected chi connectivity index (χ0v) is 31.0. The number of imide groups is 1. The standard InChI is InChI=1S/C40H41NO16/c1-21(43)50-20-29-32(52-22(2)44)33(53-23(3)45)30(41-36(47)26-16-10-11-17-27(26)37(41)48)39(55-29)57-34-31(46)28(18-42)54-40(51-19-24-12-6-4-7-13-24)35(34)56-38(49)25-14-8-5-9-15-25/h4-17,28-35,39-40,42,46H,18-20H2,1-3H3/t28-,29-,30-,31+,32-,33-,34+,35-,39+,40-/m1/s1. The van der Waals surface area contributed by atoms with Gasteiger partial charge < -0.3 is 48.1 Å². The highest BCUT2D eigenvalue weighted by atomic mass is 16.8. The Morgan fingerprint density at radius 2 is 1.23 bits per heavy atom.